The molecule has 2 N–H and O–H groups in total. The van der Waals surface area contributed by atoms with Crippen LogP contribution in [0, 0.1) is 0 Å². The van der Waals surface area contributed by atoms with Crippen molar-refractivity contribution in [3.8, 4) is 11.5 Å². The third-order valence-corrected chi connectivity index (χ3v) is 4.88. The van der Waals surface area contributed by atoms with Gasteiger partial charge in [-0.25, -0.2) is 0 Å². The van der Waals surface area contributed by atoms with Gasteiger partial charge in [-0.1, -0.05) is 11.6 Å². The zero-order chi connectivity index (χ0) is 22.0. The summed E-state index contributed by atoms with van der Waals surface area (Å²) in [6.07, 6.45) is 1.07. The van der Waals surface area contributed by atoms with Crippen LogP contribution < -0.4 is 20.1 Å². The van der Waals surface area contributed by atoms with Crippen LogP contribution in [0.2, 0.25) is 5.02 Å². The topological polar surface area (TPSA) is 72.1 Å². The fourth-order valence-corrected chi connectivity index (χ4v) is 3.39. The van der Waals surface area contributed by atoms with Gasteiger partial charge in [0.2, 0.25) is 0 Å². The first-order valence-corrected chi connectivity index (χ1v) is 11.1. The Labute approximate surface area is 185 Å². The number of rotatable bonds is 11. The number of nitrogens with one attached hydrogen (secondary N) is 2. The SMILES string of the molecule is CCOc1cc(CNCCCN2CCOCC2)c(Cl)cc1OCC(=O)NC(C)(C)C. The number of benzene rings is 1. The molecule has 0 radical (unpaired) electrons. The molecule has 0 bridgehead atoms. The van der Waals surface area contributed by atoms with E-state index in [0.717, 1.165) is 51.4 Å². The molecule has 1 aromatic rings. The van der Waals surface area contributed by atoms with Gasteiger partial charge < -0.3 is 24.8 Å². The molecule has 0 atom stereocenters. The molecule has 8 heteroatoms. The number of carbonyl (C=O) groups is 1. The molecular weight excluding hydrogens is 406 g/mol. The van der Waals surface area contributed by atoms with Gasteiger partial charge in [-0.3, -0.25) is 9.69 Å². The Bertz CT molecular complexity index is 673. The maximum absolute atomic E-state index is 12.0. The standard InChI is InChI=1S/C22H36ClN3O4/c1-5-29-19-13-17(15-24-7-6-8-26-9-11-28-12-10-26)18(23)14-20(19)30-16-21(27)25-22(2,3)4/h13-14,24H,5-12,15-16H2,1-4H3,(H,25,27). The molecule has 1 heterocycles. The molecule has 1 amide bonds. The molecule has 0 unspecified atom stereocenters. The van der Waals surface area contributed by atoms with E-state index in [0.29, 0.717) is 29.7 Å². The van der Waals surface area contributed by atoms with E-state index in [2.05, 4.69) is 15.5 Å². The first-order chi connectivity index (χ1) is 14.3. The fourth-order valence-electron chi connectivity index (χ4n) is 3.17. The predicted molar refractivity (Wildman–Crippen MR) is 120 cm³/mol. The van der Waals surface area contributed by atoms with E-state index < -0.39 is 0 Å². The summed E-state index contributed by atoms with van der Waals surface area (Å²) in [6, 6.07) is 3.61. The molecule has 7 nitrogen and oxygen atoms in total. The molecule has 1 fully saturated rings. The molecule has 0 aromatic heterocycles. The van der Waals surface area contributed by atoms with Crippen LogP contribution in [0.25, 0.3) is 0 Å². The summed E-state index contributed by atoms with van der Waals surface area (Å²) in [5.41, 5.74) is 0.635. The summed E-state index contributed by atoms with van der Waals surface area (Å²) in [5.74, 6) is 0.879. The maximum Gasteiger partial charge on any atom is 0.258 e. The second-order valence-electron chi connectivity index (χ2n) is 8.39. The van der Waals surface area contributed by atoms with Gasteiger partial charge in [0.05, 0.1) is 19.8 Å². The lowest BCUT2D eigenvalue weighted by atomic mass is 10.1. The number of hydrogen-bond acceptors (Lipinski definition) is 6. The average Bonchev–Trinajstić information content (AvgIpc) is 2.68. The zero-order valence-corrected chi connectivity index (χ0v) is 19.4. The van der Waals surface area contributed by atoms with Crippen LogP contribution >= 0.6 is 11.6 Å². The maximum atomic E-state index is 12.0. The summed E-state index contributed by atoms with van der Waals surface area (Å²) < 4.78 is 16.8. The third kappa shape index (κ3) is 9.08. The van der Waals surface area contributed by atoms with Crippen molar-refractivity contribution in [1.82, 2.24) is 15.5 Å². The van der Waals surface area contributed by atoms with Gasteiger partial charge >= 0.3 is 0 Å². The first kappa shape index (κ1) is 24.7. The van der Waals surface area contributed by atoms with E-state index in [9.17, 15) is 4.79 Å². The van der Waals surface area contributed by atoms with Crippen molar-refractivity contribution in [3.05, 3.63) is 22.7 Å². The van der Waals surface area contributed by atoms with Crippen molar-refractivity contribution in [1.29, 1.82) is 0 Å². The van der Waals surface area contributed by atoms with Gasteiger partial charge in [0.15, 0.2) is 18.1 Å². The molecule has 2 rings (SSSR count). The number of morpholine rings is 1. The van der Waals surface area contributed by atoms with Gasteiger partial charge in [-0.2, -0.15) is 0 Å². The molecule has 170 valence electrons. The minimum Gasteiger partial charge on any atom is -0.490 e. The molecule has 1 aromatic carbocycles. The van der Waals surface area contributed by atoms with Crippen LogP contribution in [0.5, 0.6) is 11.5 Å². The smallest absolute Gasteiger partial charge is 0.258 e. The van der Waals surface area contributed by atoms with E-state index >= 15 is 0 Å². The number of halogens is 1. The van der Waals surface area contributed by atoms with E-state index in [4.69, 9.17) is 25.8 Å². The summed E-state index contributed by atoms with van der Waals surface area (Å²) in [5, 5.41) is 6.90. The largest absolute Gasteiger partial charge is 0.490 e. The molecule has 30 heavy (non-hydrogen) atoms. The normalized spacial score (nSPS) is 15.1. The Balaban J connectivity index is 1.85. The molecular formula is C22H36ClN3O4. The Morgan fingerprint density at radius 2 is 1.90 bits per heavy atom. The molecule has 0 saturated carbocycles. The van der Waals surface area contributed by atoms with Crippen LogP contribution in [-0.4, -0.2) is 69.0 Å². The van der Waals surface area contributed by atoms with Crippen molar-refractivity contribution >= 4 is 17.5 Å². The quantitative estimate of drug-likeness (QED) is 0.514. The summed E-state index contributed by atoms with van der Waals surface area (Å²) >= 11 is 6.46. The second-order valence-corrected chi connectivity index (χ2v) is 8.80. The minimum atomic E-state index is -0.307. The molecule has 0 aliphatic carbocycles. The highest BCUT2D eigenvalue weighted by Crippen LogP contribution is 2.33. The summed E-state index contributed by atoms with van der Waals surface area (Å²) in [6.45, 7) is 14.4. The van der Waals surface area contributed by atoms with Gasteiger partial charge in [0.1, 0.15) is 0 Å². The lowest BCUT2D eigenvalue weighted by Crippen LogP contribution is -2.43. The van der Waals surface area contributed by atoms with Gasteiger partial charge in [0, 0.05) is 36.3 Å². The fraction of sp³-hybridized carbons (Fsp3) is 0.682. The highest BCUT2D eigenvalue weighted by atomic mass is 35.5. The van der Waals surface area contributed by atoms with Crippen molar-refractivity contribution in [3.63, 3.8) is 0 Å². The third-order valence-electron chi connectivity index (χ3n) is 4.53. The number of amides is 1. The van der Waals surface area contributed by atoms with Crippen molar-refractivity contribution in [2.24, 2.45) is 0 Å². The zero-order valence-electron chi connectivity index (χ0n) is 18.7. The highest BCUT2D eigenvalue weighted by Gasteiger charge is 2.16. The first-order valence-electron chi connectivity index (χ1n) is 10.7. The monoisotopic (exact) mass is 441 g/mol. The second kappa shape index (κ2) is 12.3. The lowest BCUT2D eigenvalue weighted by Gasteiger charge is -2.26. The highest BCUT2D eigenvalue weighted by molar-refractivity contribution is 6.31. The van der Waals surface area contributed by atoms with Gasteiger partial charge in [-0.05, 0) is 58.8 Å². The van der Waals surface area contributed by atoms with Crippen molar-refractivity contribution in [2.75, 3.05) is 52.6 Å². The Hall–Kier alpha value is -1.54. The van der Waals surface area contributed by atoms with Crippen molar-refractivity contribution < 1.29 is 19.0 Å². The molecule has 1 aliphatic heterocycles. The Kier molecular flexibility index (Phi) is 10.2. The van der Waals surface area contributed by atoms with Crippen molar-refractivity contribution in [2.45, 2.75) is 46.2 Å². The number of hydrogen-bond donors (Lipinski definition) is 2. The Morgan fingerprint density at radius 1 is 1.20 bits per heavy atom. The number of ether oxygens (including phenoxy) is 3. The summed E-state index contributed by atoms with van der Waals surface area (Å²) in [7, 11) is 0. The van der Waals surface area contributed by atoms with Crippen LogP contribution in [0.15, 0.2) is 12.1 Å². The average molecular weight is 442 g/mol. The van der Waals surface area contributed by atoms with Crippen LogP contribution in [0.4, 0.5) is 0 Å². The van der Waals surface area contributed by atoms with Gasteiger partial charge in [-0.15, -0.1) is 0 Å². The Morgan fingerprint density at radius 3 is 2.57 bits per heavy atom. The lowest BCUT2D eigenvalue weighted by molar-refractivity contribution is -0.124. The number of nitrogens with zero attached hydrogens (tertiary/aromatic N) is 1. The van der Waals surface area contributed by atoms with Crippen LogP contribution in [0.3, 0.4) is 0 Å². The van der Waals surface area contributed by atoms with E-state index in [1.165, 1.54) is 0 Å². The van der Waals surface area contributed by atoms with Gasteiger partial charge in [0.25, 0.3) is 5.91 Å². The van der Waals surface area contributed by atoms with Crippen LogP contribution in [-0.2, 0) is 16.1 Å². The van der Waals surface area contributed by atoms with E-state index in [1.54, 1.807) is 6.07 Å². The predicted octanol–water partition coefficient (Wildman–Crippen LogP) is 2.84. The van der Waals surface area contributed by atoms with E-state index in [1.807, 2.05) is 33.8 Å². The minimum absolute atomic E-state index is 0.0905. The van der Waals surface area contributed by atoms with Crippen LogP contribution in [0.1, 0.15) is 39.7 Å². The number of carbonyl (C=O) groups excluding carboxylic acids is 1. The summed E-state index contributed by atoms with van der Waals surface area (Å²) in [4.78, 5) is 14.5. The van der Waals surface area contributed by atoms with E-state index in [-0.39, 0.29) is 18.1 Å². The molecule has 1 saturated heterocycles. The molecule has 1 aliphatic rings. The molecule has 0 spiro atoms.